The largest absolute Gasteiger partial charge is 0.497 e. The summed E-state index contributed by atoms with van der Waals surface area (Å²) in [4.78, 5) is 34.6. The van der Waals surface area contributed by atoms with E-state index >= 15 is 0 Å². The van der Waals surface area contributed by atoms with Crippen molar-refractivity contribution in [1.82, 2.24) is 14.9 Å². The fourth-order valence-corrected chi connectivity index (χ4v) is 5.10. The average Bonchev–Trinajstić information content (AvgIpc) is 3.10. The van der Waals surface area contributed by atoms with Crippen LogP contribution in [0.2, 0.25) is 5.02 Å². The number of carbonyl (C=O) groups excluding carboxylic acids is 1. The molecule has 1 N–H and O–H groups in total. The number of aromatic nitrogens is 2. The number of aromatic amines is 1. The Balaban J connectivity index is 1.75. The van der Waals surface area contributed by atoms with Crippen molar-refractivity contribution in [3.63, 3.8) is 0 Å². The topological polar surface area (TPSA) is 75.3 Å². The molecule has 0 saturated heterocycles. The van der Waals surface area contributed by atoms with E-state index in [1.165, 1.54) is 24.5 Å². The first-order chi connectivity index (χ1) is 15.9. The summed E-state index contributed by atoms with van der Waals surface area (Å²) in [7, 11) is 1.58. The number of hydrogen-bond donors (Lipinski definition) is 1. The number of ether oxygens (including phenoxy) is 1. The minimum Gasteiger partial charge on any atom is -0.497 e. The van der Waals surface area contributed by atoms with Crippen molar-refractivity contribution in [2.45, 2.75) is 12.6 Å². The number of benzene rings is 3. The third-order valence-electron chi connectivity index (χ3n) is 5.75. The highest BCUT2D eigenvalue weighted by Gasteiger charge is 2.42. The zero-order valence-corrected chi connectivity index (χ0v) is 19.6. The number of H-pyrrole nitrogens is 1. The Labute approximate surface area is 201 Å². The second-order valence-corrected chi connectivity index (χ2v) is 8.89. The highest BCUT2D eigenvalue weighted by molar-refractivity contribution is 9.10. The molecule has 1 aliphatic rings. The standard InChI is InChI=1S/C24H16BrClFN3O3/c1-33-14-5-2-12(3-6-14)10-30-22(15-8-13(27)4-7-18(15)26)19-17(25)9-16-21(20(19)24(30)32)28-11-29-23(16)31/h2-9,11,22H,10H2,1H3,(H,28,29,31). The van der Waals surface area contributed by atoms with Crippen molar-refractivity contribution in [3.8, 4) is 5.75 Å². The van der Waals surface area contributed by atoms with Crippen molar-refractivity contribution < 1.29 is 13.9 Å². The van der Waals surface area contributed by atoms with Crippen molar-refractivity contribution in [2.75, 3.05) is 7.11 Å². The average molecular weight is 529 g/mol. The van der Waals surface area contributed by atoms with Gasteiger partial charge in [0.05, 0.1) is 35.9 Å². The van der Waals surface area contributed by atoms with Crippen LogP contribution in [0.4, 0.5) is 4.39 Å². The molecule has 1 atom stereocenters. The number of fused-ring (bicyclic) bond motifs is 3. The molecule has 0 spiro atoms. The van der Waals surface area contributed by atoms with Gasteiger partial charge in [0.25, 0.3) is 11.5 Å². The lowest BCUT2D eigenvalue weighted by atomic mass is 9.96. The normalized spacial score (nSPS) is 15.2. The molecule has 0 fully saturated rings. The Kier molecular flexibility index (Phi) is 5.42. The van der Waals surface area contributed by atoms with Gasteiger partial charge in [0, 0.05) is 27.2 Å². The van der Waals surface area contributed by atoms with E-state index in [1.54, 1.807) is 30.2 Å². The summed E-state index contributed by atoms with van der Waals surface area (Å²) in [5, 5.41) is 0.611. The molecule has 9 heteroatoms. The van der Waals surface area contributed by atoms with Gasteiger partial charge in [-0.1, -0.05) is 39.7 Å². The number of methoxy groups -OCH3 is 1. The van der Waals surface area contributed by atoms with Gasteiger partial charge in [-0.25, -0.2) is 9.37 Å². The van der Waals surface area contributed by atoms with E-state index in [4.69, 9.17) is 16.3 Å². The summed E-state index contributed by atoms with van der Waals surface area (Å²) in [5.41, 5.74) is 2.11. The van der Waals surface area contributed by atoms with E-state index < -0.39 is 11.9 Å². The summed E-state index contributed by atoms with van der Waals surface area (Å²) >= 11 is 10.0. The predicted octanol–water partition coefficient (Wildman–Crippen LogP) is 5.23. The van der Waals surface area contributed by atoms with Crippen molar-refractivity contribution in [1.29, 1.82) is 0 Å². The van der Waals surface area contributed by atoms with Crippen LogP contribution in [0.25, 0.3) is 10.9 Å². The first kappa shape index (κ1) is 21.6. The smallest absolute Gasteiger partial charge is 0.258 e. The van der Waals surface area contributed by atoms with Crippen LogP contribution in [-0.2, 0) is 6.54 Å². The van der Waals surface area contributed by atoms with Crippen LogP contribution >= 0.6 is 27.5 Å². The maximum atomic E-state index is 14.3. The number of nitrogens with zero attached hydrogens (tertiary/aromatic N) is 2. The Morgan fingerprint density at radius 1 is 1.18 bits per heavy atom. The number of nitrogens with one attached hydrogen (secondary N) is 1. The predicted molar refractivity (Wildman–Crippen MR) is 126 cm³/mol. The zero-order valence-electron chi connectivity index (χ0n) is 17.2. The molecule has 1 unspecified atom stereocenters. The van der Waals surface area contributed by atoms with Gasteiger partial charge >= 0.3 is 0 Å². The Bertz CT molecular complexity index is 1470. The molecule has 6 nitrogen and oxygen atoms in total. The maximum Gasteiger partial charge on any atom is 0.258 e. The van der Waals surface area contributed by atoms with Gasteiger partial charge in [0.1, 0.15) is 11.6 Å². The maximum absolute atomic E-state index is 14.3. The van der Waals surface area contributed by atoms with Gasteiger partial charge in [0.2, 0.25) is 0 Å². The lowest BCUT2D eigenvalue weighted by Gasteiger charge is -2.27. The van der Waals surface area contributed by atoms with Gasteiger partial charge in [-0.15, -0.1) is 0 Å². The van der Waals surface area contributed by atoms with Crippen LogP contribution in [-0.4, -0.2) is 27.9 Å². The Morgan fingerprint density at radius 2 is 1.94 bits per heavy atom. The molecule has 1 aromatic heterocycles. The second-order valence-electron chi connectivity index (χ2n) is 7.62. The molecular weight excluding hydrogens is 513 g/mol. The van der Waals surface area contributed by atoms with E-state index in [0.717, 1.165) is 5.56 Å². The summed E-state index contributed by atoms with van der Waals surface area (Å²) in [6.07, 6.45) is 1.27. The highest BCUT2D eigenvalue weighted by atomic mass is 79.9. The fraction of sp³-hybridized carbons (Fsp3) is 0.125. The van der Waals surface area contributed by atoms with Crippen molar-refractivity contribution >= 4 is 44.3 Å². The molecule has 3 aromatic carbocycles. The van der Waals surface area contributed by atoms with Gasteiger partial charge in [-0.3, -0.25) is 9.59 Å². The molecular formula is C24H16BrClFN3O3. The molecule has 166 valence electrons. The van der Waals surface area contributed by atoms with E-state index in [9.17, 15) is 14.0 Å². The lowest BCUT2D eigenvalue weighted by molar-refractivity contribution is 0.0737. The molecule has 0 aliphatic carbocycles. The molecule has 0 bridgehead atoms. The van der Waals surface area contributed by atoms with E-state index in [-0.39, 0.29) is 28.9 Å². The number of rotatable bonds is 4. The lowest BCUT2D eigenvalue weighted by Crippen LogP contribution is -2.28. The first-order valence-electron chi connectivity index (χ1n) is 9.97. The summed E-state index contributed by atoms with van der Waals surface area (Å²) in [5.74, 6) is -0.0987. The molecule has 0 saturated carbocycles. The molecule has 4 aromatic rings. The van der Waals surface area contributed by atoms with Crippen LogP contribution < -0.4 is 10.3 Å². The molecule has 33 heavy (non-hydrogen) atoms. The monoisotopic (exact) mass is 527 g/mol. The van der Waals surface area contributed by atoms with Gasteiger partial charge < -0.3 is 14.6 Å². The zero-order chi connectivity index (χ0) is 23.3. The summed E-state index contributed by atoms with van der Waals surface area (Å²) in [6, 6.07) is 12.3. The first-order valence-corrected chi connectivity index (χ1v) is 11.1. The minimum atomic E-state index is -0.683. The van der Waals surface area contributed by atoms with Crippen LogP contribution in [0, 0.1) is 5.82 Å². The number of amides is 1. The SMILES string of the molecule is COc1ccc(CN2C(=O)c3c(c(Br)cc4c(=O)[nH]cnc34)C2c2cc(F)ccc2Cl)cc1. The number of carbonyl (C=O) groups is 1. The van der Waals surface area contributed by atoms with E-state index in [2.05, 4.69) is 25.9 Å². The second kappa shape index (κ2) is 8.28. The quantitative estimate of drug-likeness (QED) is 0.393. The third kappa shape index (κ3) is 3.59. The molecule has 5 rings (SSSR count). The third-order valence-corrected chi connectivity index (χ3v) is 6.75. The minimum absolute atomic E-state index is 0.228. The van der Waals surface area contributed by atoms with Gasteiger partial charge in [-0.05, 0) is 42.0 Å². The Morgan fingerprint density at radius 3 is 2.67 bits per heavy atom. The Hall–Kier alpha value is -3.23. The van der Waals surface area contributed by atoms with Crippen LogP contribution in [0.15, 0.2) is 64.1 Å². The number of halogens is 3. The van der Waals surface area contributed by atoms with Crippen molar-refractivity contribution in [3.05, 3.63) is 103 Å². The number of hydrogen-bond acceptors (Lipinski definition) is 4. The summed E-state index contributed by atoms with van der Waals surface area (Å²) < 4.78 is 20.0. The molecule has 1 aliphatic heterocycles. The highest BCUT2D eigenvalue weighted by Crippen LogP contribution is 2.47. The fourth-order valence-electron chi connectivity index (χ4n) is 4.23. The van der Waals surface area contributed by atoms with Crippen LogP contribution in [0.1, 0.15) is 33.1 Å². The van der Waals surface area contributed by atoms with Crippen molar-refractivity contribution in [2.24, 2.45) is 0 Å². The molecule has 0 radical (unpaired) electrons. The van der Waals surface area contributed by atoms with E-state index in [0.29, 0.717) is 31.9 Å². The molecule has 2 heterocycles. The summed E-state index contributed by atoms with van der Waals surface area (Å²) in [6.45, 7) is 0.228. The van der Waals surface area contributed by atoms with Gasteiger partial charge in [0.15, 0.2) is 0 Å². The van der Waals surface area contributed by atoms with Crippen LogP contribution in [0.5, 0.6) is 5.75 Å². The molecule has 1 amide bonds. The van der Waals surface area contributed by atoms with Gasteiger partial charge in [-0.2, -0.15) is 0 Å². The van der Waals surface area contributed by atoms with E-state index in [1.807, 2.05) is 12.1 Å². The van der Waals surface area contributed by atoms with Crippen LogP contribution in [0.3, 0.4) is 0 Å².